The number of hydrogen-bond donors (Lipinski definition) is 1. The minimum atomic E-state index is -0.406. The van der Waals surface area contributed by atoms with E-state index in [1.807, 2.05) is 42.5 Å². The molecule has 3 aromatic rings. The molecule has 2 aliphatic rings. The summed E-state index contributed by atoms with van der Waals surface area (Å²) < 4.78 is 1.77. The summed E-state index contributed by atoms with van der Waals surface area (Å²) in [7, 11) is 0. The molecular weight excluding hydrogens is 420 g/mol. The highest BCUT2D eigenvalue weighted by atomic mass is 35.5. The van der Waals surface area contributed by atoms with Gasteiger partial charge in [-0.15, -0.1) is 0 Å². The van der Waals surface area contributed by atoms with Gasteiger partial charge in [-0.2, -0.15) is 16.9 Å². The molecule has 30 heavy (non-hydrogen) atoms. The van der Waals surface area contributed by atoms with E-state index in [9.17, 15) is 9.59 Å². The van der Waals surface area contributed by atoms with Crippen LogP contribution in [-0.4, -0.2) is 28.1 Å². The highest BCUT2D eigenvalue weighted by molar-refractivity contribution is 7.98. The quantitative estimate of drug-likeness (QED) is 0.660. The maximum atomic E-state index is 13.1. The van der Waals surface area contributed by atoms with Crippen molar-refractivity contribution in [1.29, 1.82) is 0 Å². The molecule has 0 spiro atoms. The Morgan fingerprint density at radius 2 is 1.83 bits per heavy atom. The van der Waals surface area contributed by atoms with Crippen molar-refractivity contribution >= 4 is 46.7 Å². The largest absolute Gasteiger partial charge is 0.312 e. The third-order valence-electron chi connectivity index (χ3n) is 5.43. The molecular formula is C22H19ClN4O2S. The van der Waals surface area contributed by atoms with Gasteiger partial charge in [0.1, 0.15) is 5.82 Å². The first-order valence-corrected chi connectivity index (χ1v) is 11.2. The number of hydrogen-bond acceptors (Lipinski definition) is 4. The zero-order valence-corrected chi connectivity index (χ0v) is 17.6. The van der Waals surface area contributed by atoms with Crippen LogP contribution in [0.5, 0.6) is 0 Å². The van der Waals surface area contributed by atoms with Crippen LogP contribution in [0.2, 0.25) is 5.02 Å². The predicted molar refractivity (Wildman–Crippen MR) is 119 cm³/mol. The molecule has 2 amide bonds. The van der Waals surface area contributed by atoms with Gasteiger partial charge in [-0.3, -0.25) is 9.59 Å². The van der Waals surface area contributed by atoms with E-state index in [1.165, 1.54) is 0 Å². The SMILES string of the molecule is O=C(Nc1c2c(nn1-c1ccc(Cl)cc1)CSC2)[C@@H]1CC(=O)N(c2ccccc2)C1. The fourth-order valence-electron chi connectivity index (χ4n) is 3.87. The normalized spacial score (nSPS) is 18.0. The van der Waals surface area contributed by atoms with E-state index in [4.69, 9.17) is 16.7 Å². The average molecular weight is 439 g/mol. The number of benzene rings is 2. The van der Waals surface area contributed by atoms with Gasteiger partial charge in [0.25, 0.3) is 0 Å². The molecule has 0 aliphatic carbocycles. The molecule has 0 radical (unpaired) electrons. The molecule has 3 heterocycles. The van der Waals surface area contributed by atoms with Crippen LogP contribution in [0, 0.1) is 5.92 Å². The number of anilines is 2. The number of para-hydroxylation sites is 1. The Hall–Kier alpha value is -2.77. The van der Waals surface area contributed by atoms with Crippen LogP contribution in [0.1, 0.15) is 17.7 Å². The molecule has 1 aromatic heterocycles. The van der Waals surface area contributed by atoms with Crippen LogP contribution in [-0.2, 0) is 21.1 Å². The first-order chi connectivity index (χ1) is 14.6. The molecule has 152 valence electrons. The summed E-state index contributed by atoms with van der Waals surface area (Å²) in [5, 5.41) is 8.43. The summed E-state index contributed by atoms with van der Waals surface area (Å²) >= 11 is 7.80. The van der Waals surface area contributed by atoms with Gasteiger partial charge in [-0.1, -0.05) is 29.8 Å². The van der Waals surface area contributed by atoms with Crippen LogP contribution in [0.3, 0.4) is 0 Å². The molecule has 0 bridgehead atoms. The molecule has 8 heteroatoms. The Morgan fingerprint density at radius 3 is 2.60 bits per heavy atom. The zero-order valence-electron chi connectivity index (χ0n) is 16.0. The van der Waals surface area contributed by atoms with Crippen molar-refractivity contribution < 1.29 is 9.59 Å². The van der Waals surface area contributed by atoms with Crippen LogP contribution in [0.25, 0.3) is 5.69 Å². The number of fused-ring (bicyclic) bond motifs is 1. The molecule has 0 unspecified atom stereocenters. The van der Waals surface area contributed by atoms with E-state index in [-0.39, 0.29) is 18.2 Å². The number of carbonyl (C=O) groups excluding carboxylic acids is 2. The van der Waals surface area contributed by atoms with Crippen molar-refractivity contribution in [3.8, 4) is 5.69 Å². The van der Waals surface area contributed by atoms with Gasteiger partial charge in [0.15, 0.2) is 0 Å². The van der Waals surface area contributed by atoms with E-state index in [2.05, 4.69) is 5.32 Å². The number of carbonyl (C=O) groups is 2. The van der Waals surface area contributed by atoms with Gasteiger partial charge in [-0.05, 0) is 36.4 Å². The monoisotopic (exact) mass is 438 g/mol. The fraction of sp³-hybridized carbons (Fsp3) is 0.227. The Morgan fingerprint density at radius 1 is 1.07 bits per heavy atom. The van der Waals surface area contributed by atoms with Crippen LogP contribution in [0.4, 0.5) is 11.5 Å². The molecule has 0 saturated carbocycles. The molecule has 1 atom stereocenters. The van der Waals surface area contributed by atoms with Crippen LogP contribution >= 0.6 is 23.4 Å². The summed E-state index contributed by atoms with van der Waals surface area (Å²) in [6, 6.07) is 16.8. The Kier molecular flexibility index (Phi) is 5.00. The number of nitrogens with one attached hydrogen (secondary N) is 1. The third kappa shape index (κ3) is 3.48. The Balaban J connectivity index is 1.40. The number of amides is 2. The molecule has 5 rings (SSSR count). The van der Waals surface area contributed by atoms with Gasteiger partial charge in [0, 0.05) is 40.7 Å². The fourth-order valence-corrected chi connectivity index (χ4v) is 5.03. The van der Waals surface area contributed by atoms with E-state index in [1.54, 1.807) is 33.5 Å². The average Bonchev–Trinajstić information content (AvgIpc) is 3.45. The van der Waals surface area contributed by atoms with E-state index in [0.29, 0.717) is 17.4 Å². The predicted octanol–water partition coefficient (Wildman–Crippen LogP) is 4.26. The topological polar surface area (TPSA) is 67.2 Å². The minimum absolute atomic E-state index is 0.0339. The van der Waals surface area contributed by atoms with E-state index >= 15 is 0 Å². The maximum Gasteiger partial charge on any atom is 0.230 e. The van der Waals surface area contributed by atoms with Crippen molar-refractivity contribution in [3.05, 3.63) is 70.9 Å². The zero-order chi connectivity index (χ0) is 20.7. The lowest BCUT2D eigenvalue weighted by molar-refractivity contribution is -0.122. The first kappa shape index (κ1) is 19.2. The molecule has 1 fully saturated rings. The second kappa shape index (κ2) is 7.81. The second-order valence-corrected chi connectivity index (χ2v) is 8.81. The Labute approximate surface area is 183 Å². The van der Waals surface area contributed by atoms with Crippen molar-refractivity contribution in [2.45, 2.75) is 17.9 Å². The van der Waals surface area contributed by atoms with Gasteiger partial charge >= 0.3 is 0 Å². The van der Waals surface area contributed by atoms with Gasteiger partial charge in [-0.25, -0.2) is 4.68 Å². The van der Waals surface area contributed by atoms with Gasteiger partial charge in [0.2, 0.25) is 11.8 Å². The van der Waals surface area contributed by atoms with Gasteiger partial charge in [0.05, 0.1) is 17.3 Å². The second-order valence-electron chi connectivity index (χ2n) is 7.39. The first-order valence-electron chi connectivity index (χ1n) is 9.71. The lowest BCUT2D eigenvalue weighted by atomic mass is 10.1. The molecule has 1 N–H and O–H groups in total. The van der Waals surface area contributed by atoms with Crippen LogP contribution < -0.4 is 10.2 Å². The highest BCUT2D eigenvalue weighted by Crippen LogP contribution is 2.37. The number of nitrogens with zero attached hydrogens (tertiary/aromatic N) is 3. The summed E-state index contributed by atoms with van der Waals surface area (Å²) in [5.74, 6) is 1.72. The van der Waals surface area contributed by atoms with Crippen molar-refractivity contribution in [1.82, 2.24) is 9.78 Å². The third-order valence-corrected chi connectivity index (χ3v) is 6.65. The minimum Gasteiger partial charge on any atom is -0.312 e. The molecule has 6 nitrogen and oxygen atoms in total. The summed E-state index contributed by atoms with van der Waals surface area (Å²) in [5.41, 5.74) is 3.69. The standard InChI is InChI=1S/C22H19ClN4O2S/c23-15-6-8-17(9-7-15)27-21(18-12-30-13-19(18)25-27)24-22(29)14-10-20(28)26(11-14)16-4-2-1-3-5-16/h1-9,14H,10-13H2,(H,24,29)/t14-/m1/s1. The number of aromatic nitrogens is 2. The number of halogens is 1. The smallest absolute Gasteiger partial charge is 0.230 e. The number of thioether (sulfide) groups is 1. The molecule has 2 aliphatic heterocycles. The Bertz CT molecular complexity index is 1110. The van der Waals surface area contributed by atoms with Crippen LogP contribution in [0.15, 0.2) is 54.6 Å². The molecule has 2 aromatic carbocycles. The highest BCUT2D eigenvalue weighted by Gasteiger charge is 2.36. The van der Waals surface area contributed by atoms with E-state index in [0.717, 1.165) is 34.1 Å². The maximum absolute atomic E-state index is 13.1. The summed E-state index contributed by atoms with van der Waals surface area (Å²) in [6.45, 7) is 0.376. The lowest BCUT2D eigenvalue weighted by Crippen LogP contribution is -2.28. The van der Waals surface area contributed by atoms with Crippen molar-refractivity contribution in [3.63, 3.8) is 0 Å². The molecule has 1 saturated heterocycles. The van der Waals surface area contributed by atoms with Crippen molar-refractivity contribution in [2.24, 2.45) is 5.92 Å². The summed E-state index contributed by atoms with van der Waals surface area (Å²) in [6.07, 6.45) is 0.201. The number of rotatable bonds is 4. The van der Waals surface area contributed by atoms with Crippen molar-refractivity contribution in [2.75, 3.05) is 16.8 Å². The summed E-state index contributed by atoms with van der Waals surface area (Å²) in [4.78, 5) is 27.3. The van der Waals surface area contributed by atoms with E-state index < -0.39 is 5.92 Å². The lowest BCUT2D eigenvalue weighted by Gasteiger charge is -2.17. The van der Waals surface area contributed by atoms with Gasteiger partial charge < -0.3 is 10.2 Å².